The van der Waals surface area contributed by atoms with Crippen LogP contribution in [0.1, 0.15) is 361 Å². The summed E-state index contributed by atoms with van der Waals surface area (Å²) in [5, 5.41) is 0. The Morgan fingerprint density at radius 3 is 0.964 bits per heavy atom. The molecule has 0 aromatic carbocycles. The average molecular weight is 1200 g/mol. The van der Waals surface area contributed by atoms with Crippen LogP contribution in [0.2, 0.25) is 0 Å². The first-order valence-electron chi connectivity index (χ1n) is 36.4. The van der Waals surface area contributed by atoms with Gasteiger partial charge in [-0.2, -0.15) is 0 Å². The quantitative estimate of drug-likeness (QED) is 0.0211. The Labute approximate surface area is 522 Å². The fourth-order valence-electron chi connectivity index (χ4n) is 10.7. The van der Waals surface area contributed by atoms with Crippen molar-refractivity contribution in [3.05, 3.63) is 48.6 Å². The molecule has 0 aliphatic heterocycles. The highest BCUT2D eigenvalue weighted by molar-refractivity contribution is 7.47. The van der Waals surface area contributed by atoms with Crippen molar-refractivity contribution < 1.29 is 42.1 Å². The van der Waals surface area contributed by atoms with Gasteiger partial charge >= 0.3 is 19.8 Å². The summed E-state index contributed by atoms with van der Waals surface area (Å²) in [7, 11) is 1.49. The molecule has 0 saturated carbocycles. The summed E-state index contributed by atoms with van der Waals surface area (Å²) >= 11 is 0. The van der Waals surface area contributed by atoms with Gasteiger partial charge in [0.1, 0.15) is 19.8 Å². The molecule has 0 heterocycles. The standard InChI is InChI=1S/C74H140NO8P/c1-6-8-10-12-14-16-18-20-22-24-26-28-30-32-34-36-37-39-41-43-45-47-49-51-53-55-57-59-61-63-65-67-74(77)83-72(71-82-84(78,79)81-69-68-75(3,4)5)70-80-73(76)66-64-62-60-58-56-54-52-50-48-46-44-42-40-38-35-33-31-29-27-25-23-21-19-17-15-13-11-9-7-2/h18,20,24-27,30,32,72H,6-17,19,21-23,28-29,31,33-71H2,1-5H3/p+1/b20-18-,26-24-,27-25-,32-30-. The van der Waals surface area contributed by atoms with Gasteiger partial charge in [0.2, 0.25) is 0 Å². The second-order valence-corrected chi connectivity index (χ2v) is 27.4. The van der Waals surface area contributed by atoms with Gasteiger partial charge in [-0.3, -0.25) is 18.6 Å². The third kappa shape index (κ3) is 69.1. The van der Waals surface area contributed by atoms with E-state index in [4.69, 9.17) is 18.5 Å². The van der Waals surface area contributed by atoms with Crippen molar-refractivity contribution in [3.8, 4) is 0 Å². The molecule has 0 rings (SSSR count). The van der Waals surface area contributed by atoms with E-state index in [0.717, 1.165) is 44.9 Å². The van der Waals surface area contributed by atoms with E-state index in [1.165, 1.54) is 283 Å². The predicted molar refractivity (Wildman–Crippen MR) is 363 cm³/mol. The zero-order valence-electron chi connectivity index (χ0n) is 56.4. The lowest BCUT2D eigenvalue weighted by Gasteiger charge is -2.24. The van der Waals surface area contributed by atoms with Crippen LogP contribution in [0.15, 0.2) is 48.6 Å². The molecular formula is C74H141NO8P+. The summed E-state index contributed by atoms with van der Waals surface area (Å²) in [6.45, 7) is 4.48. The van der Waals surface area contributed by atoms with Crippen molar-refractivity contribution in [1.29, 1.82) is 0 Å². The van der Waals surface area contributed by atoms with Gasteiger partial charge in [-0.05, 0) is 77.0 Å². The summed E-state index contributed by atoms with van der Waals surface area (Å²) in [6, 6.07) is 0. The third-order valence-corrected chi connectivity index (χ3v) is 17.3. The maximum Gasteiger partial charge on any atom is 0.472 e. The number of phosphoric ester groups is 1. The number of ether oxygens (including phenoxy) is 2. The minimum absolute atomic E-state index is 0.0334. The molecule has 0 aromatic heterocycles. The van der Waals surface area contributed by atoms with Crippen molar-refractivity contribution in [3.63, 3.8) is 0 Å². The number of nitrogens with zero attached hydrogens (tertiary/aromatic N) is 1. The number of carbonyl (C=O) groups excluding carboxylic acids is 2. The summed E-state index contributed by atoms with van der Waals surface area (Å²) in [4.78, 5) is 35.9. The Morgan fingerprint density at radius 1 is 0.369 bits per heavy atom. The summed E-state index contributed by atoms with van der Waals surface area (Å²) < 4.78 is 34.8. The molecule has 494 valence electrons. The highest BCUT2D eigenvalue weighted by Crippen LogP contribution is 2.43. The van der Waals surface area contributed by atoms with Gasteiger partial charge in [-0.1, -0.05) is 319 Å². The zero-order valence-corrected chi connectivity index (χ0v) is 57.3. The first kappa shape index (κ1) is 82.0. The van der Waals surface area contributed by atoms with Gasteiger partial charge in [0.25, 0.3) is 0 Å². The van der Waals surface area contributed by atoms with Crippen LogP contribution < -0.4 is 0 Å². The van der Waals surface area contributed by atoms with E-state index in [-0.39, 0.29) is 25.6 Å². The molecule has 0 amide bonds. The Balaban J connectivity index is 4.00. The first-order valence-corrected chi connectivity index (χ1v) is 37.9. The topological polar surface area (TPSA) is 108 Å². The summed E-state index contributed by atoms with van der Waals surface area (Å²) in [6.07, 6.45) is 85.1. The molecular weight excluding hydrogens is 1060 g/mol. The molecule has 0 aliphatic carbocycles. The van der Waals surface area contributed by atoms with Gasteiger partial charge in [-0.15, -0.1) is 0 Å². The summed E-state index contributed by atoms with van der Waals surface area (Å²) in [5.74, 6) is -0.778. The van der Waals surface area contributed by atoms with Gasteiger partial charge in [0.05, 0.1) is 27.7 Å². The number of likely N-dealkylation sites (N-methyl/N-ethyl adjacent to an activating group) is 1. The van der Waals surface area contributed by atoms with E-state index in [0.29, 0.717) is 23.9 Å². The molecule has 0 aliphatic rings. The number of allylic oxidation sites excluding steroid dienone is 8. The van der Waals surface area contributed by atoms with Gasteiger partial charge in [-0.25, -0.2) is 4.57 Å². The van der Waals surface area contributed by atoms with E-state index in [9.17, 15) is 19.0 Å². The molecule has 0 fully saturated rings. The Morgan fingerprint density at radius 2 is 0.643 bits per heavy atom. The molecule has 10 heteroatoms. The molecule has 2 unspecified atom stereocenters. The van der Waals surface area contributed by atoms with E-state index < -0.39 is 26.5 Å². The van der Waals surface area contributed by atoms with Gasteiger partial charge in [0.15, 0.2) is 6.10 Å². The van der Waals surface area contributed by atoms with Crippen LogP contribution in [0, 0.1) is 0 Å². The van der Waals surface area contributed by atoms with Crippen LogP contribution in [0.3, 0.4) is 0 Å². The number of quaternary nitrogens is 1. The van der Waals surface area contributed by atoms with Crippen LogP contribution in [-0.2, 0) is 32.7 Å². The second-order valence-electron chi connectivity index (χ2n) is 26.0. The largest absolute Gasteiger partial charge is 0.472 e. The SMILES string of the molecule is CCCCCCC/C=C\C/C=C\C/C=C\CCCCCCCCCCCCCCCCCCC(=O)OC(COC(=O)CCCCCCCCCCCCCCCCCCC/C=C\CCCCCCCCCC)COP(=O)(O)OCC[N+](C)(C)C. The predicted octanol–water partition coefficient (Wildman–Crippen LogP) is 23.6. The summed E-state index contributed by atoms with van der Waals surface area (Å²) in [5.41, 5.74) is 0. The van der Waals surface area contributed by atoms with Crippen molar-refractivity contribution >= 4 is 19.8 Å². The second kappa shape index (κ2) is 65.4. The van der Waals surface area contributed by atoms with E-state index in [2.05, 4.69) is 62.5 Å². The van der Waals surface area contributed by atoms with Crippen molar-refractivity contribution in [2.75, 3.05) is 47.5 Å². The maximum absolute atomic E-state index is 12.9. The fourth-order valence-corrected chi connectivity index (χ4v) is 11.5. The molecule has 0 aromatic rings. The third-order valence-electron chi connectivity index (χ3n) is 16.3. The molecule has 0 saturated heterocycles. The molecule has 0 spiro atoms. The van der Waals surface area contributed by atoms with Crippen LogP contribution in [0.25, 0.3) is 0 Å². The van der Waals surface area contributed by atoms with Crippen LogP contribution >= 0.6 is 7.82 Å². The Bertz CT molecular complexity index is 1560. The van der Waals surface area contributed by atoms with Crippen molar-refractivity contribution in [2.24, 2.45) is 0 Å². The van der Waals surface area contributed by atoms with Crippen molar-refractivity contribution in [1.82, 2.24) is 0 Å². The molecule has 84 heavy (non-hydrogen) atoms. The molecule has 1 N–H and O–H groups in total. The lowest BCUT2D eigenvalue weighted by atomic mass is 10.0. The number of carbonyl (C=O) groups is 2. The zero-order chi connectivity index (χ0) is 61.2. The highest BCUT2D eigenvalue weighted by atomic mass is 31.2. The van der Waals surface area contributed by atoms with E-state index in [1.54, 1.807) is 0 Å². The van der Waals surface area contributed by atoms with Crippen LogP contribution in [-0.4, -0.2) is 74.9 Å². The minimum atomic E-state index is -4.39. The van der Waals surface area contributed by atoms with Gasteiger partial charge in [0, 0.05) is 12.8 Å². The number of phosphoric acid groups is 1. The fraction of sp³-hybridized carbons (Fsp3) is 0.865. The molecule has 2 atom stereocenters. The van der Waals surface area contributed by atoms with E-state index in [1.807, 2.05) is 21.1 Å². The molecule has 0 bridgehead atoms. The highest BCUT2D eigenvalue weighted by Gasteiger charge is 2.27. The number of hydrogen-bond acceptors (Lipinski definition) is 7. The van der Waals surface area contributed by atoms with Gasteiger partial charge < -0.3 is 18.9 Å². The number of rotatable bonds is 68. The number of hydrogen-bond donors (Lipinski definition) is 1. The lowest BCUT2D eigenvalue weighted by molar-refractivity contribution is -0.870. The first-order chi connectivity index (χ1) is 41.0. The van der Waals surface area contributed by atoms with E-state index >= 15 is 0 Å². The Kier molecular flexibility index (Phi) is 63.8. The van der Waals surface area contributed by atoms with Crippen LogP contribution in [0.4, 0.5) is 0 Å². The average Bonchev–Trinajstić information content (AvgIpc) is 3.61. The normalized spacial score (nSPS) is 13.4. The smallest absolute Gasteiger partial charge is 0.462 e. The van der Waals surface area contributed by atoms with Crippen LogP contribution in [0.5, 0.6) is 0 Å². The monoisotopic (exact) mass is 1200 g/mol. The minimum Gasteiger partial charge on any atom is -0.462 e. The van der Waals surface area contributed by atoms with Crippen molar-refractivity contribution in [2.45, 2.75) is 367 Å². The molecule has 0 radical (unpaired) electrons. The maximum atomic E-state index is 12.9. The molecule has 9 nitrogen and oxygen atoms in total. The Hall–Kier alpha value is -2.03. The number of unbranched alkanes of at least 4 members (excludes halogenated alkanes) is 46. The number of esters is 2. The lowest BCUT2D eigenvalue weighted by Crippen LogP contribution is -2.37.